The van der Waals surface area contributed by atoms with Gasteiger partial charge < -0.3 is 10.1 Å². The molecule has 1 aliphatic heterocycles. The smallest absolute Gasteiger partial charge is 0.0571 e. The molecule has 1 aliphatic carbocycles. The number of rotatable bonds is 3. The molecule has 1 saturated carbocycles. The van der Waals surface area contributed by atoms with Crippen molar-refractivity contribution in [1.29, 1.82) is 0 Å². The molecular formula is C12H23NO. The van der Waals surface area contributed by atoms with E-state index in [0.29, 0.717) is 6.10 Å². The molecule has 2 nitrogen and oxygen atoms in total. The Morgan fingerprint density at radius 1 is 1.14 bits per heavy atom. The van der Waals surface area contributed by atoms with Crippen molar-refractivity contribution in [2.24, 2.45) is 5.92 Å². The molecular weight excluding hydrogens is 174 g/mol. The Labute approximate surface area is 87.4 Å². The van der Waals surface area contributed by atoms with Gasteiger partial charge in [0, 0.05) is 13.2 Å². The van der Waals surface area contributed by atoms with Crippen LogP contribution in [-0.4, -0.2) is 25.8 Å². The van der Waals surface area contributed by atoms with Gasteiger partial charge in [-0.3, -0.25) is 0 Å². The maximum absolute atomic E-state index is 5.39. The van der Waals surface area contributed by atoms with E-state index >= 15 is 0 Å². The van der Waals surface area contributed by atoms with E-state index in [1.165, 1.54) is 51.5 Å². The first-order valence-corrected chi connectivity index (χ1v) is 6.14. The van der Waals surface area contributed by atoms with E-state index in [2.05, 4.69) is 5.32 Å². The highest BCUT2D eigenvalue weighted by Gasteiger charge is 2.24. The lowest BCUT2D eigenvalue weighted by atomic mass is 9.83. The predicted octanol–water partition coefficient (Wildman–Crippen LogP) is 2.33. The zero-order valence-corrected chi connectivity index (χ0v) is 9.30. The maximum Gasteiger partial charge on any atom is 0.0571 e. The first-order valence-electron chi connectivity index (χ1n) is 6.14. The molecule has 1 N–H and O–H groups in total. The van der Waals surface area contributed by atoms with Crippen LogP contribution in [0.3, 0.4) is 0 Å². The van der Waals surface area contributed by atoms with Crippen LogP contribution in [0.4, 0.5) is 0 Å². The van der Waals surface area contributed by atoms with Crippen molar-refractivity contribution in [2.45, 2.75) is 57.1 Å². The summed E-state index contributed by atoms with van der Waals surface area (Å²) in [5.74, 6) is 0.969. The van der Waals surface area contributed by atoms with E-state index in [0.717, 1.165) is 12.0 Å². The van der Waals surface area contributed by atoms with Gasteiger partial charge >= 0.3 is 0 Å². The van der Waals surface area contributed by atoms with E-state index in [1.807, 2.05) is 7.11 Å². The average molecular weight is 197 g/mol. The third-order valence-corrected chi connectivity index (χ3v) is 3.91. The summed E-state index contributed by atoms with van der Waals surface area (Å²) in [5, 5.41) is 3.60. The highest BCUT2D eigenvalue weighted by Crippen LogP contribution is 2.30. The molecule has 0 bridgehead atoms. The van der Waals surface area contributed by atoms with E-state index < -0.39 is 0 Å². The second-order valence-corrected chi connectivity index (χ2v) is 4.91. The van der Waals surface area contributed by atoms with Gasteiger partial charge in [-0.1, -0.05) is 0 Å². The average Bonchev–Trinajstić information content (AvgIpc) is 2.72. The molecule has 14 heavy (non-hydrogen) atoms. The van der Waals surface area contributed by atoms with E-state index in [9.17, 15) is 0 Å². The highest BCUT2D eigenvalue weighted by molar-refractivity contribution is 4.80. The Morgan fingerprint density at radius 2 is 1.93 bits per heavy atom. The van der Waals surface area contributed by atoms with Crippen LogP contribution in [0.25, 0.3) is 0 Å². The molecule has 0 unspecified atom stereocenters. The van der Waals surface area contributed by atoms with E-state index in [4.69, 9.17) is 4.74 Å². The molecule has 2 aliphatic rings. The van der Waals surface area contributed by atoms with Gasteiger partial charge in [0.2, 0.25) is 0 Å². The molecule has 0 aromatic heterocycles. The minimum Gasteiger partial charge on any atom is -0.381 e. The molecule has 1 atom stereocenters. The number of hydrogen-bond donors (Lipinski definition) is 1. The Bertz CT molecular complexity index is 158. The fourth-order valence-corrected chi connectivity index (χ4v) is 2.96. The number of methoxy groups -OCH3 is 1. The van der Waals surface area contributed by atoms with Crippen molar-refractivity contribution in [1.82, 2.24) is 5.32 Å². The molecule has 0 aromatic carbocycles. The number of nitrogens with one attached hydrogen (secondary N) is 1. The minimum atomic E-state index is 0.558. The van der Waals surface area contributed by atoms with Gasteiger partial charge in [-0.2, -0.15) is 0 Å². The van der Waals surface area contributed by atoms with Gasteiger partial charge in [0.15, 0.2) is 0 Å². The summed E-state index contributed by atoms with van der Waals surface area (Å²) < 4.78 is 5.39. The van der Waals surface area contributed by atoms with Gasteiger partial charge in [-0.05, 0) is 57.4 Å². The van der Waals surface area contributed by atoms with Gasteiger partial charge in [-0.15, -0.1) is 0 Å². The van der Waals surface area contributed by atoms with Gasteiger partial charge in [0.05, 0.1) is 6.10 Å². The normalized spacial score (nSPS) is 38.8. The Morgan fingerprint density at radius 3 is 2.50 bits per heavy atom. The standard InChI is InChI=1S/C12H23NO/c1-14-12-6-4-10(5-7-12)9-11-3-2-8-13-11/h10-13H,2-9H2,1H3/t10?,11-,12?/m0/s1. The third-order valence-electron chi connectivity index (χ3n) is 3.91. The summed E-state index contributed by atoms with van der Waals surface area (Å²) in [7, 11) is 1.85. The summed E-state index contributed by atoms with van der Waals surface area (Å²) in [4.78, 5) is 0. The molecule has 82 valence electrons. The maximum atomic E-state index is 5.39. The highest BCUT2D eigenvalue weighted by atomic mass is 16.5. The molecule has 0 aromatic rings. The molecule has 2 heteroatoms. The fraction of sp³-hybridized carbons (Fsp3) is 1.00. The van der Waals surface area contributed by atoms with Crippen LogP contribution in [0.5, 0.6) is 0 Å². The van der Waals surface area contributed by atoms with Gasteiger partial charge in [0.1, 0.15) is 0 Å². The van der Waals surface area contributed by atoms with Crippen LogP contribution in [0.15, 0.2) is 0 Å². The topological polar surface area (TPSA) is 21.3 Å². The molecule has 0 radical (unpaired) electrons. The Balaban J connectivity index is 1.67. The van der Waals surface area contributed by atoms with Crippen molar-refractivity contribution >= 4 is 0 Å². The first-order chi connectivity index (χ1) is 6.88. The van der Waals surface area contributed by atoms with Crippen molar-refractivity contribution < 1.29 is 4.74 Å². The van der Waals surface area contributed by atoms with Gasteiger partial charge in [-0.25, -0.2) is 0 Å². The zero-order valence-electron chi connectivity index (χ0n) is 9.30. The third kappa shape index (κ3) is 2.71. The van der Waals surface area contributed by atoms with Crippen molar-refractivity contribution in [2.75, 3.05) is 13.7 Å². The molecule has 2 fully saturated rings. The monoisotopic (exact) mass is 197 g/mol. The fourth-order valence-electron chi connectivity index (χ4n) is 2.96. The van der Waals surface area contributed by atoms with E-state index in [1.54, 1.807) is 0 Å². The van der Waals surface area contributed by atoms with Crippen LogP contribution in [0, 0.1) is 5.92 Å². The summed E-state index contributed by atoms with van der Waals surface area (Å²) in [6.07, 6.45) is 10.1. The minimum absolute atomic E-state index is 0.558. The molecule has 1 saturated heterocycles. The molecule has 0 amide bonds. The molecule has 0 spiro atoms. The second-order valence-electron chi connectivity index (χ2n) is 4.91. The van der Waals surface area contributed by atoms with Crippen LogP contribution in [-0.2, 0) is 4.74 Å². The Hall–Kier alpha value is -0.0800. The lowest BCUT2D eigenvalue weighted by Crippen LogP contribution is -2.28. The quantitative estimate of drug-likeness (QED) is 0.750. The van der Waals surface area contributed by atoms with Crippen LogP contribution >= 0.6 is 0 Å². The summed E-state index contributed by atoms with van der Waals surface area (Å²) in [6.45, 7) is 1.25. The van der Waals surface area contributed by atoms with Crippen molar-refractivity contribution in [3.05, 3.63) is 0 Å². The number of hydrogen-bond acceptors (Lipinski definition) is 2. The predicted molar refractivity (Wildman–Crippen MR) is 58.4 cm³/mol. The van der Waals surface area contributed by atoms with Crippen molar-refractivity contribution in [3.63, 3.8) is 0 Å². The number of ether oxygens (including phenoxy) is 1. The summed E-state index contributed by atoms with van der Waals surface area (Å²) >= 11 is 0. The summed E-state index contributed by atoms with van der Waals surface area (Å²) in [5.41, 5.74) is 0. The van der Waals surface area contributed by atoms with E-state index in [-0.39, 0.29) is 0 Å². The largest absolute Gasteiger partial charge is 0.381 e. The lowest BCUT2D eigenvalue weighted by Gasteiger charge is -2.29. The van der Waals surface area contributed by atoms with Crippen molar-refractivity contribution in [3.8, 4) is 0 Å². The van der Waals surface area contributed by atoms with Gasteiger partial charge in [0.25, 0.3) is 0 Å². The van der Waals surface area contributed by atoms with Crippen LogP contribution in [0.2, 0.25) is 0 Å². The first kappa shape index (κ1) is 10.4. The SMILES string of the molecule is COC1CCC(C[C@@H]2CCCN2)CC1. The Kier molecular flexibility index (Phi) is 3.82. The molecule has 2 rings (SSSR count). The second kappa shape index (κ2) is 5.13. The van der Waals surface area contributed by atoms with Crippen LogP contribution < -0.4 is 5.32 Å². The lowest BCUT2D eigenvalue weighted by molar-refractivity contribution is 0.0542. The zero-order chi connectivity index (χ0) is 9.80. The van der Waals surface area contributed by atoms with Crippen LogP contribution in [0.1, 0.15) is 44.9 Å². The molecule has 1 heterocycles. The summed E-state index contributed by atoms with van der Waals surface area (Å²) in [6, 6.07) is 0.832.